The van der Waals surface area contributed by atoms with Crippen molar-refractivity contribution in [3.05, 3.63) is 59.3 Å². The molecule has 0 bridgehead atoms. The Labute approximate surface area is 142 Å². The zero-order valence-corrected chi connectivity index (χ0v) is 14.4. The van der Waals surface area contributed by atoms with E-state index in [1.165, 1.54) is 5.56 Å². The van der Waals surface area contributed by atoms with E-state index in [1.807, 2.05) is 12.1 Å². The smallest absolute Gasteiger partial charge is 0.322 e. The SMILES string of the molecule is C=CCN1C(=O)NC(c2ccc(C(C)C)cc2)C2=C1CN(C)C2=O. The van der Waals surface area contributed by atoms with Gasteiger partial charge in [0, 0.05) is 13.6 Å². The molecule has 1 aromatic rings. The third kappa shape index (κ3) is 2.60. The standard InChI is InChI=1S/C19H23N3O2/c1-5-10-22-15-11-21(4)18(23)16(15)17(20-19(22)24)14-8-6-13(7-9-14)12(2)3/h5-9,12,17H,1,10-11H2,2-4H3,(H,20,24). The number of hydrogen-bond donors (Lipinski definition) is 1. The Morgan fingerprint density at radius 1 is 1.29 bits per heavy atom. The number of urea groups is 1. The number of likely N-dealkylation sites (N-methyl/N-ethyl adjacent to an activating group) is 1. The lowest BCUT2D eigenvalue weighted by molar-refractivity contribution is -0.124. The lowest BCUT2D eigenvalue weighted by Crippen LogP contribution is -2.47. The van der Waals surface area contributed by atoms with Gasteiger partial charge in [-0.25, -0.2) is 4.79 Å². The molecule has 0 fully saturated rings. The minimum atomic E-state index is -0.396. The zero-order valence-electron chi connectivity index (χ0n) is 14.4. The first-order valence-corrected chi connectivity index (χ1v) is 8.21. The quantitative estimate of drug-likeness (QED) is 0.866. The highest BCUT2D eigenvalue weighted by atomic mass is 16.2. The molecule has 3 amide bonds. The molecule has 0 aromatic heterocycles. The highest BCUT2D eigenvalue weighted by molar-refractivity contribution is 6.01. The van der Waals surface area contributed by atoms with E-state index in [0.29, 0.717) is 24.6 Å². The molecule has 0 aliphatic carbocycles. The number of nitrogens with zero attached hydrogens (tertiary/aromatic N) is 2. The van der Waals surface area contributed by atoms with Crippen molar-refractivity contribution in [1.29, 1.82) is 0 Å². The summed E-state index contributed by atoms with van der Waals surface area (Å²) >= 11 is 0. The number of carbonyl (C=O) groups excluding carboxylic acids is 2. The predicted molar refractivity (Wildman–Crippen MR) is 93.4 cm³/mol. The Bertz CT molecular complexity index is 719. The van der Waals surface area contributed by atoms with Gasteiger partial charge in [-0.2, -0.15) is 0 Å². The van der Waals surface area contributed by atoms with Gasteiger partial charge in [-0.05, 0) is 17.0 Å². The maximum Gasteiger partial charge on any atom is 0.322 e. The van der Waals surface area contributed by atoms with Crippen molar-refractivity contribution >= 4 is 11.9 Å². The third-order valence-corrected chi connectivity index (χ3v) is 4.65. The minimum absolute atomic E-state index is 0.0306. The molecule has 2 aliphatic rings. The monoisotopic (exact) mass is 325 g/mol. The lowest BCUT2D eigenvalue weighted by Gasteiger charge is -2.33. The highest BCUT2D eigenvalue weighted by Crippen LogP contribution is 2.35. The largest absolute Gasteiger partial charge is 0.336 e. The summed E-state index contributed by atoms with van der Waals surface area (Å²) < 4.78 is 0. The second kappa shape index (κ2) is 6.15. The van der Waals surface area contributed by atoms with Gasteiger partial charge in [0.25, 0.3) is 5.91 Å². The second-order valence-electron chi connectivity index (χ2n) is 6.62. The summed E-state index contributed by atoms with van der Waals surface area (Å²) in [5.74, 6) is 0.411. The zero-order chi connectivity index (χ0) is 17.4. The Balaban J connectivity index is 2.03. The topological polar surface area (TPSA) is 52.7 Å². The van der Waals surface area contributed by atoms with E-state index in [0.717, 1.165) is 11.3 Å². The molecule has 24 heavy (non-hydrogen) atoms. The molecule has 0 spiro atoms. The van der Waals surface area contributed by atoms with E-state index in [9.17, 15) is 9.59 Å². The molecule has 2 aliphatic heterocycles. The molecule has 1 atom stereocenters. The molecular formula is C19H23N3O2. The van der Waals surface area contributed by atoms with E-state index >= 15 is 0 Å². The van der Waals surface area contributed by atoms with Crippen LogP contribution in [-0.2, 0) is 4.79 Å². The molecule has 1 unspecified atom stereocenters. The molecule has 2 heterocycles. The summed E-state index contributed by atoms with van der Waals surface area (Å²) in [6, 6.07) is 7.54. The molecule has 1 N–H and O–H groups in total. The van der Waals surface area contributed by atoms with Gasteiger partial charge in [0.1, 0.15) is 0 Å². The number of benzene rings is 1. The Kier molecular flexibility index (Phi) is 4.18. The van der Waals surface area contributed by atoms with Gasteiger partial charge in [-0.15, -0.1) is 6.58 Å². The summed E-state index contributed by atoms with van der Waals surface area (Å²) in [5.41, 5.74) is 3.61. The van der Waals surface area contributed by atoms with Crippen molar-refractivity contribution < 1.29 is 9.59 Å². The summed E-state index contributed by atoms with van der Waals surface area (Å²) in [7, 11) is 1.76. The van der Waals surface area contributed by atoms with Crippen LogP contribution in [0.25, 0.3) is 0 Å². The third-order valence-electron chi connectivity index (χ3n) is 4.65. The van der Waals surface area contributed by atoms with Crippen LogP contribution in [0.15, 0.2) is 48.2 Å². The maximum absolute atomic E-state index is 12.6. The summed E-state index contributed by atoms with van der Waals surface area (Å²) in [5, 5.41) is 2.97. The Morgan fingerprint density at radius 2 is 1.96 bits per heavy atom. The van der Waals surface area contributed by atoms with Crippen LogP contribution in [0.1, 0.15) is 36.9 Å². The van der Waals surface area contributed by atoms with E-state index in [-0.39, 0.29) is 11.9 Å². The molecule has 5 heteroatoms. The van der Waals surface area contributed by atoms with Crippen LogP contribution in [-0.4, -0.2) is 41.9 Å². The second-order valence-corrected chi connectivity index (χ2v) is 6.62. The van der Waals surface area contributed by atoms with Crippen LogP contribution < -0.4 is 5.32 Å². The summed E-state index contributed by atoms with van der Waals surface area (Å²) in [6.45, 7) is 8.83. The van der Waals surface area contributed by atoms with Gasteiger partial charge >= 0.3 is 6.03 Å². The van der Waals surface area contributed by atoms with Gasteiger partial charge in [0.05, 0.1) is 23.9 Å². The first-order chi connectivity index (χ1) is 11.4. The molecule has 1 aromatic carbocycles. The lowest BCUT2D eigenvalue weighted by atomic mass is 9.93. The van der Waals surface area contributed by atoms with Crippen molar-refractivity contribution in [3.63, 3.8) is 0 Å². The maximum atomic E-state index is 12.6. The van der Waals surface area contributed by atoms with Crippen molar-refractivity contribution in [3.8, 4) is 0 Å². The fourth-order valence-electron chi connectivity index (χ4n) is 3.27. The molecular weight excluding hydrogens is 302 g/mol. The molecule has 126 valence electrons. The molecule has 0 radical (unpaired) electrons. The minimum Gasteiger partial charge on any atom is -0.336 e. The van der Waals surface area contributed by atoms with E-state index in [1.54, 1.807) is 22.9 Å². The average molecular weight is 325 g/mol. The van der Waals surface area contributed by atoms with Crippen LogP contribution in [0.5, 0.6) is 0 Å². The molecule has 3 rings (SSSR count). The van der Waals surface area contributed by atoms with Crippen LogP contribution in [0.3, 0.4) is 0 Å². The van der Waals surface area contributed by atoms with Gasteiger partial charge in [-0.3, -0.25) is 9.69 Å². The molecule has 5 nitrogen and oxygen atoms in total. The van der Waals surface area contributed by atoms with Crippen molar-refractivity contribution in [2.75, 3.05) is 20.1 Å². The number of nitrogens with one attached hydrogen (secondary N) is 1. The van der Waals surface area contributed by atoms with E-state index in [4.69, 9.17) is 0 Å². The summed E-state index contributed by atoms with van der Waals surface area (Å²) in [4.78, 5) is 28.4. The predicted octanol–water partition coefficient (Wildman–Crippen LogP) is 2.79. The first-order valence-electron chi connectivity index (χ1n) is 8.21. The Morgan fingerprint density at radius 3 is 2.54 bits per heavy atom. The van der Waals surface area contributed by atoms with Gasteiger partial charge < -0.3 is 10.2 Å². The van der Waals surface area contributed by atoms with E-state index in [2.05, 4.69) is 37.9 Å². The number of rotatable bonds is 4. The fraction of sp³-hybridized carbons (Fsp3) is 0.368. The number of amides is 3. The molecule has 0 saturated carbocycles. The number of hydrogen-bond acceptors (Lipinski definition) is 2. The van der Waals surface area contributed by atoms with Crippen molar-refractivity contribution in [2.45, 2.75) is 25.8 Å². The first kappa shape index (κ1) is 16.3. The van der Waals surface area contributed by atoms with Crippen LogP contribution in [0.2, 0.25) is 0 Å². The van der Waals surface area contributed by atoms with Gasteiger partial charge in [0.15, 0.2) is 0 Å². The van der Waals surface area contributed by atoms with Gasteiger partial charge in [-0.1, -0.05) is 44.2 Å². The van der Waals surface area contributed by atoms with E-state index < -0.39 is 6.04 Å². The van der Waals surface area contributed by atoms with Crippen molar-refractivity contribution in [1.82, 2.24) is 15.1 Å². The van der Waals surface area contributed by atoms with Gasteiger partial charge in [0.2, 0.25) is 0 Å². The van der Waals surface area contributed by atoms with Crippen molar-refractivity contribution in [2.24, 2.45) is 0 Å². The number of carbonyl (C=O) groups is 2. The average Bonchev–Trinajstić information content (AvgIpc) is 2.85. The highest BCUT2D eigenvalue weighted by Gasteiger charge is 2.42. The summed E-state index contributed by atoms with van der Waals surface area (Å²) in [6.07, 6.45) is 1.67. The van der Waals surface area contributed by atoms with Crippen LogP contribution in [0.4, 0.5) is 4.79 Å². The van der Waals surface area contributed by atoms with Crippen LogP contribution in [0, 0.1) is 0 Å². The molecule has 0 saturated heterocycles. The fourth-order valence-corrected chi connectivity index (χ4v) is 3.27. The normalized spacial score (nSPS) is 20.6. The van der Waals surface area contributed by atoms with Crippen LogP contribution >= 0.6 is 0 Å². The Hall–Kier alpha value is -2.56.